The first-order valence-electron chi connectivity index (χ1n) is 10.7. The summed E-state index contributed by atoms with van der Waals surface area (Å²) in [6, 6.07) is 5.31. The fourth-order valence-electron chi connectivity index (χ4n) is 3.57. The van der Waals surface area contributed by atoms with Gasteiger partial charge in [-0.1, -0.05) is 37.3 Å². The summed E-state index contributed by atoms with van der Waals surface area (Å²) >= 11 is 6.04. The van der Waals surface area contributed by atoms with E-state index in [1.165, 1.54) is 25.7 Å². The molecule has 1 saturated carbocycles. The smallest absolute Gasteiger partial charge is 0.233 e. The second kappa shape index (κ2) is 11.2. The van der Waals surface area contributed by atoms with Crippen molar-refractivity contribution in [3.63, 3.8) is 0 Å². The average molecular weight is 434 g/mol. The van der Waals surface area contributed by atoms with Gasteiger partial charge in [-0.25, -0.2) is 0 Å². The maximum Gasteiger partial charge on any atom is 0.233 e. The number of halogens is 1. The Hall–Kier alpha value is -2.32. The number of aromatic nitrogens is 3. The molecular weight excluding hydrogens is 402 g/mol. The molecule has 1 aromatic heterocycles. The van der Waals surface area contributed by atoms with Crippen LogP contribution in [0.15, 0.2) is 18.2 Å². The van der Waals surface area contributed by atoms with Gasteiger partial charge in [-0.3, -0.25) is 0 Å². The molecule has 1 aliphatic carbocycles. The van der Waals surface area contributed by atoms with Crippen molar-refractivity contribution in [1.82, 2.24) is 20.3 Å². The molecule has 0 aliphatic heterocycles. The molecule has 0 atom stereocenters. The van der Waals surface area contributed by atoms with Crippen molar-refractivity contribution >= 4 is 35.1 Å². The molecule has 4 N–H and O–H groups in total. The number of anilines is 4. The lowest BCUT2D eigenvalue weighted by Crippen LogP contribution is -2.26. The number of phenolic OH excluding ortho intramolecular Hbond substituents is 1. The number of nitrogens with one attached hydrogen (secondary N) is 3. The first-order chi connectivity index (χ1) is 14.5. The van der Waals surface area contributed by atoms with Gasteiger partial charge in [0.2, 0.25) is 17.8 Å². The molecule has 0 amide bonds. The quantitative estimate of drug-likeness (QED) is 0.266. The Morgan fingerprint density at radius 1 is 1.10 bits per heavy atom. The Morgan fingerprint density at radius 2 is 1.83 bits per heavy atom. The highest BCUT2D eigenvalue weighted by atomic mass is 35.5. The monoisotopic (exact) mass is 433 g/mol. The molecule has 0 bridgehead atoms. The third-order valence-electron chi connectivity index (χ3n) is 5.28. The minimum atomic E-state index is 0.0403. The van der Waals surface area contributed by atoms with Crippen molar-refractivity contribution in [2.24, 2.45) is 0 Å². The van der Waals surface area contributed by atoms with Crippen LogP contribution in [0.3, 0.4) is 0 Å². The summed E-state index contributed by atoms with van der Waals surface area (Å²) in [6.45, 7) is 1.76. The Morgan fingerprint density at radius 3 is 2.53 bits per heavy atom. The first-order valence-corrected chi connectivity index (χ1v) is 11.1. The van der Waals surface area contributed by atoms with E-state index in [-0.39, 0.29) is 10.8 Å². The maximum atomic E-state index is 9.66. The highest BCUT2D eigenvalue weighted by Gasteiger charge is 2.16. The summed E-state index contributed by atoms with van der Waals surface area (Å²) < 4.78 is 0. The van der Waals surface area contributed by atoms with Crippen LogP contribution in [0.5, 0.6) is 5.75 Å². The summed E-state index contributed by atoms with van der Waals surface area (Å²) in [5.41, 5.74) is 0.702. The molecule has 0 saturated heterocycles. The lowest BCUT2D eigenvalue weighted by Gasteiger charge is -2.21. The lowest BCUT2D eigenvalue weighted by atomic mass is 10.1. The van der Waals surface area contributed by atoms with Gasteiger partial charge in [0, 0.05) is 25.3 Å². The van der Waals surface area contributed by atoms with E-state index in [1.807, 2.05) is 19.0 Å². The molecule has 0 radical (unpaired) electrons. The maximum absolute atomic E-state index is 9.66. The van der Waals surface area contributed by atoms with Gasteiger partial charge >= 0.3 is 0 Å². The van der Waals surface area contributed by atoms with E-state index in [9.17, 15) is 5.11 Å². The number of benzene rings is 1. The Balaban J connectivity index is 1.81. The predicted octanol–water partition coefficient (Wildman–Crippen LogP) is 4.15. The normalized spacial score (nSPS) is 14.9. The summed E-state index contributed by atoms with van der Waals surface area (Å²) in [4.78, 5) is 15.9. The van der Waals surface area contributed by atoms with Crippen LogP contribution >= 0.6 is 11.6 Å². The minimum absolute atomic E-state index is 0.0403. The van der Waals surface area contributed by atoms with Crippen LogP contribution in [-0.2, 0) is 0 Å². The molecular formula is C21H32ClN7O. The summed E-state index contributed by atoms with van der Waals surface area (Å²) in [7, 11) is 3.93. The van der Waals surface area contributed by atoms with Gasteiger partial charge in [-0.2, -0.15) is 15.0 Å². The molecule has 1 aromatic carbocycles. The minimum Gasteiger partial charge on any atom is -0.506 e. The average Bonchev–Trinajstić information content (AvgIpc) is 2.99. The van der Waals surface area contributed by atoms with Gasteiger partial charge < -0.3 is 26.0 Å². The standard InChI is InChI=1S/C21H32ClN7O/c1-23-12-7-13-29(2)21-27-19(24-15-8-5-3-4-6-9-15)26-20(28-21)25-16-10-11-18(30)17(22)14-16/h10-11,14-15,23,30H,3-9,12-13H2,1-2H3,(H2,24,25,26,27,28). The van der Waals surface area contributed by atoms with Crippen LogP contribution in [0, 0.1) is 0 Å². The van der Waals surface area contributed by atoms with Crippen molar-refractivity contribution < 1.29 is 5.11 Å². The van der Waals surface area contributed by atoms with E-state index in [0.29, 0.717) is 29.6 Å². The zero-order valence-electron chi connectivity index (χ0n) is 17.8. The van der Waals surface area contributed by atoms with Gasteiger partial charge in [-0.15, -0.1) is 0 Å². The lowest BCUT2D eigenvalue weighted by molar-refractivity contribution is 0.475. The fourth-order valence-corrected chi connectivity index (χ4v) is 3.75. The number of nitrogens with zero attached hydrogens (tertiary/aromatic N) is 4. The molecule has 30 heavy (non-hydrogen) atoms. The van der Waals surface area contributed by atoms with Gasteiger partial charge in [0.25, 0.3) is 0 Å². The van der Waals surface area contributed by atoms with E-state index >= 15 is 0 Å². The molecule has 8 nitrogen and oxygen atoms in total. The largest absolute Gasteiger partial charge is 0.506 e. The molecule has 9 heteroatoms. The Bertz CT molecular complexity index is 812. The zero-order valence-corrected chi connectivity index (χ0v) is 18.5. The van der Waals surface area contributed by atoms with Crippen molar-refractivity contribution in [2.75, 3.05) is 42.7 Å². The van der Waals surface area contributed by atoms with E-state index in [1.54, 1.807) is 18.2 Å². The van der Waals surface area contributed by atoms with E-state index in [0.717, 1.165) is 32.4 Å². The van der Waals surface area contributed by atoms with Gasteiger partial charge in [0.05, 0.1) is 5.02 Å². The molecule has 1 aliphatic rings. The SMILES string of the molecule is CNCCCN(C)c1nc(Nc2ccc(O)c(Cl)c2)nc(NC2CCCCCC2)n1. The summed E-state index contributed by atoms with van der Waals surface area (Å²) in [6.07, 6.45) is 8.31. The molecule has 0 unspecified atom stereocenters. The van der Waals surface area contributed by atoms with Crippen molar-refractivity contribution in [2.45, 2.75) is 51.0 Å². The van der Waals surface area contributed by atoms with Gasteiger partial charge in [-0.05, 0) is 51.1 Å². The van der Waals surface area contributed by atoms with Crippen LogP contribution in [0.4, 0.5) is 23.5 Å². The second-order valence-corrected chi connectivity index (χ2v) is 8.19. The highest BCUT2D eigenvalue weighted by Crippen LogP contribution is 2.28. The van der Waals surface area contributed by atoms with E-state index in [4.69, 9.17) is 11.6 Å². The molecule has 164 valence electrons. The summed E-state index contributed by atoms with van der Waals surface area (Å²) in [5, 5.41) is 19.8. The highest BCUT2D eigenvalue weighted by molar-refractivity contribution is 6.32. The molecule has 3 rings (SSSR count). The van der Waals surface area contributed by atoms with E-state index in [2.05, 4.69) is 30.9 Å². The molecule has 1 fully saturated rings. The summed E-state index contributed by atoms with van der Waals surface area (Å²) in [5.74, 6) is 1.68. The van der Waals surface area contributed by atoms with Crippen molar-refractivity contribution in [1.29, 1.82) is 0 Å². The first kappa shape index (κ1) is 22.4. The van der Waals surface area contributed by atoms with Gasteiger partial charge in [0.15, 0.2) is 0 Å². The van der Waals surface area contributed by atoms with Crippen molar-refractivity contribution in [3.8, 4) is 5.75 Å². The third kappa shape index (κ3) is 6.60. The van der Waals surface area contributed by atoms with Crippen molar-refractivity contribution in [3.05, 3.63) is 23.2 Å². The van der Waals surface area contributed by atoms with Crippen LogP contribution in [-0.4, -0.2) is 53.3 Å². The molecule has 0 spiro atoms. The number of hydrogen-bond acceptors (Lipinski definition) is 8. The number of aromatic hydroxyl groups is 1. The molecule has 2 aromatic rings. The Kier molecular flexibility index (Phi) is 8.33. The number of rotatable bonds is 9. The second-order valence-electron chi connectivity index (χ2n) is 7.79. The van der Waals surface area contributed by atoms with Crippen LogP contribution < -0.4 is 20.9 Å². The topological polar surface area (TPSA) is 98.2 Å². The zero-order chi connectivity index (χ0) is 21.3. The number of hydrogen-bond donors (Lipinski definition) is 4. The predicted molar refractivity (Wildman–Crippen MR) is 123 cm³/mol. The third-order valence-corrected chi connectivity index (χ3v) is 5.58. The van der Waals surface area contributed by atoms with Crippen LogP contribution in [0.2, 0.25) is 5.02 Å². The van der Waals surface area contributed by atoms with Gasteiger partial charge in [0.1, 0.15) is 5.75 Å². The van der Waals surface area contributed by atoms with Crippen LogP contribution in [0.25, 0.3) is 0 Å². The van der Waals surface area contributed by atoms with E-state index < -0.39 is 0 Å². The molecule has 1 heterocycles. The van der Waals surface area contributed by atoms with Crippen LogP contribution in [0.1, 0.15) is 44.9 Å². The number of phenols is 1. The fraction of sp³-hybridized carbons (Fsp3) is 0.571. The Labute approximate surface area is 183 Å².